The fourth-order valence-electron chi connectivity index (χ4n) is 4.65. The molecule has 1 fully saturated rings. The molecule has 18 nitrogen and oxygen atoms in total. The highest BCUT2D eigenvalue weighted by atomic mass is 32.2. The number of aliphatic carboxylic acids is 1. The van der Waals surface area contributed by atoms with Crippen molar-refractivity contribution in [3.05, 3.63) is 35.9 Å². The van der Waals surface area contributed by atoms with Gasteiger partial charge in [-0.2, -0.15) is 11.8 Å². The Morgan fingerprint density at radius 1 is 0.935 bits per heavy atom. The van der Waals surface area contributed by atoms with Crippen LogP contribution in [0.1, 0.15) is 44.1 Å². The van der Waals surface area contributed by atoms with Crippen LogP contribution < -0.4 is 10.6 Å². The largest absolute Gasteiger partial charge is 0.480 e. The Morgan fingerprint density at radius 3 is 2.35 bits per heavy atom. The Hall–Kier alpha value is -3.11. The number of carboxylic acids is 1. The van der Waals surface area contributed by atoms with Crippen molar-refractivity contribution in [2.45, 2.75) is 63.1 Å². The Bertz CT molecular complexity index is 1060. The summed E-state index contributed by atoms with van der Waals surface area (Å²) in [7, 11) is 0. The number of aryl methyl sites for hydroxylation is 1. The number of ether oxygens (including phenoxy) is 2. The van der Waals surface area contributed by atoms with Crippen LogP contribution in [0.3, 0.4) is 0 Å². The predicted octanol–water partition coefficient (Wildman–Crippen LogP) is 1.18. The molecule has 3 unspecified atom stereocenters. The zero-order valence-corrected chi connectivity index (χ0v) is 26.1. The molecule has 7 N–H and O–H groups in total. The number of amides is 2. The first kappa shape index (κ1) is 39.1. The van der Waals surface area contributed by atoms with E-state index in [1.54, 1.807) is 0 Å². The van der Waals surface area contributed by atoms with Crippen molar-refractivity contribution in [3.63, 3.8) is 0 Å². The van der Waals surface area contributed by atoms with E-state index in [4.69, 9.17) is 25.6 Å². The number of esters is 1. The number of hydrogen-bond donors (Lipinski definition) is 7. The first-order valence-corrected chi connectivity index (χ1v) is 15.8. The lowest BCUT2D eigenvalue weighted by atomic mass is 10.0. The van der Waals surface area contributed by atoms with Crippen LogP contribution in [0, 0.1) is 0 Å². The molecule has 0 radical (unpaired) electrons. The first-order valence-electron chi connectivity index (χ1n) is 14.7. The molecule has 3 atom stereocenters. The minimum Gasteiger partial charge on any atom is -0.480 e. The number of unbranched alkanes of at least 4 members (excludes halogenated alkanes) is 1. The monoisotopic (exact) mass is 677 g/mol. The molecule has 0 aromatic heterocycles. The van der Waals surface area contributed by atoms with Gasteiger partial charge in [-0.25, -0.2) is 19.3 Å². The van der Waals surface area contributed by atoms with Gasteiger partial charge in [0.2, 0.25) is 12.7 Å². The molecule has 0 saturated carbocycles. The molecule has 1 saturated heterocycles. The predicted molar refractivity (Wildman–Crippen MR) is 157 cm³/mol. The van der Waals surface area contributed by atoms with E-state index in [0.29, 0.717) is 50.2 Å². The van der Waals surface area contributed by atoms with Gasteiger partial charge in [0.05, 0.1) is 23.4 Å². The van der Waals surface area contributed by atoms with Crippen LogP contribution in [0.25, 0.3) is 0 Å². The first-order chi connectivity index (χ1) is 22.1. The molecule has 1 heterocycles. The summed E-state index contributed by atoms with van der Waals surface area (Å²) in [5, 5.41) is 48.4. The van der Waals surface area contributed by atoms with E-state index in [9.17, 15) is 24.3 Å². The van der Waals surface area contributed by atoms with Crippen molar-refractivity contribution < 1.29 is 64.3 Å². The summed E-state index contributed by atoms with van der Waals surface area (Å²) in [5.74, 6) is -1.25. The second-order valence-corrected chi connectivity index (χ2v) is 11.3. The van der Waals surface area contributed by atoms with Gasteiger partial charge >= 0.3 is 18.0 Å². The number of thioether (sulfide) groups is 1. The summed E-state index contributed by atoms with van der Waals surface area (Å²) >= 11 is 1.36. The van der Waals surface area contributed by atoms with Crippen molar-refractivity contribution in [1.29, 1.82) is 0 Å². The van der Waals surface area contributed by atoms with Gasteiger partial charge in [-0.1, -0.05) is 30.3 Å². The number of carbonyl (C=O) groups is 4. The van der Waals surface area contributed by atoms with Crippen LogP contribution in [0.2, 0.25) is 0 Å². The molecular formula is C27H43N5O13S. The molecular weight excluding hydrogens is 634 g/mol. The van der Waals surface area contributed by atoms with Gasteiger partial charge in [-0.3, -0.25) is 35.7 Å². The maximum absolute atomic E-state index is 13.8. The van der Waals surface area contributed by atoms with E-state index in [1.807, 2.05) is 30.3 Å². The van der Waals surface area contributed by atoms with E-state index < -0.39 is 54.2 Å². The topological polar surface area (TPSA) is 240 Å². The molecule has 1 aliphatic heterocycles. The lowest BCUT2D eigenvalue weighted by molar-refractivity contribution is -0.503. The fraction of sp³-hybridized carbons (Fsp3) is 0.630. The number of likely N-dealkylation sites (tertiary alicyclic amines) is 1. The summed E-state index contributed by atoms with van der Waals surface area (Å²) in [6, 6.07) is 6.56. The average molecular weight is 678 g/mol. The number of hydrogen-bond acceptors (Lipinski definition) is 16. The van der Waals surface area contributed by atoms with Crippen LogP contribution in [0.4, 0.5) is 4.79 Å². The third-order valence-electron chi connectivity index (χ3n) is 6.82. The van der Waals surface area contributed by atoms with Crippen LogP contribution in [-0.2, 0) is 40.0 Å². The number of carbonyl (C=O) groups excluding carboxylic acids is 3. The molecule has 2 rings (SSSR count). The molecule has 1 aliphatic rings. The summed E-state index contributed by atoms with van der Waals surface area (Å²) < 4.78 is 9.97. The fourth-order valence-corrected chi connectivity index (χ4v) is 5.25. The third kappa shape index (κ3) is 15.9. The van der Waals surface area contributed by atoms with Gasteiger partial charge in [0, 0.05) is 24.6 Å². The van der Waals surface area contributed by atoms with Crippen LogP contribution >= 0.6 is 11.8 Å². The zero-order chi connectivity index (χ0) is 33.7. The Kier molecular flexibility index (Phi) is 19.0. The van der Waals surface area contributed by atoms with E-state index in [-0.39, 0.29) is 38.0 Å². The summed E-state index contributed by atoms with van der Waals surface area (Å²) in [4.78, 5) is 60.6. The third-order valence-corrected chi connectivity index (χ3v) is 7.74. The van der Waals surface area contributed by atoms with Crippen molar-refractivity contribution in [2.75, 3.05) is 44.6 Å². The van der Waals surface area contributed by atoms with Crippen LogP contribution in [-0.4, -0.2) is 128 Å². The Morgan fingerprint density at radius 2 is 1.65 bits per heavy atom. The molecule has 0 spiro atoms. The minimum atomic E-state index is -1.12. The Balaban J connectivity index is 1.97. The minimum absolute atomic E-state index is 0.0385. The second-order valence-electron chi connectivity index (χ2n) is 10.0. The highest BCUT2D eigenvalue weighted by Gasteiger charge is 2.39. The van der Waals surface area contributed by atoms with Crippen LogP contribution in [0.15, 0.2) is 30.3 Å². The van der Waals surface area contributed by atoms with Crippen LogP contribution in [0.5, 0.6) is 0 Å². The van der Waals surface area contributed by atoms with Gasteiger partial charge < -0.3 is 24.8 Å². The molecule has 2 amide bonds. The molecule has 1 aromatic carbocycles. The molecule has 46 heavy (non-hydrogen) atoms. The standard InChI is InChI=1S/C27H43N5O13S/c33-24(30-14-6-10-23(30)26(36)42-15-17-46-18-16-44-31(38)39)21(9-4-5-13-28-27(37)43-19-45-32(40)41)29-22(25(34)35)12-11-20-7-2-1-3-8-20/h1-3,7-8,21-23,29,38-41H,4-6,9-19H2,(H,28,37)(H,34,35). The lowest BCUT2D eigenvalue weighted by Gasteiger charge is -2.30. The summed E-state index contributed by atoms with van der Waals surface area (Å²) in [5.41, 5.74) is 0.948. The molecule has 19 heteroatoms. The number of rotatable bonds is 23. The zero-order valence-electron chi connectivity index (χ0n) is 25.3. The van der Waals surface area contributed by atoms with E-state index >= 15 is 0 Å². The quantitative estimate of drug-likeness (QED) is 0.0372. The molecule has 260 valence electrons. The number of alkyl carbamates (subject to hydrolysis) is 1. The average Bonchev–Trinajstić information content (AvgIpc) is 3.51. The van der Waals surface area contributed by atoms with Gasteiger partial charge in [-0.15, -0.1) is 0 Å². The van der Waals surface area contributed by atoms with Crippen molar-refractivity contribution in [1.82, 2.24) is 26.3 Å². The lowest BCUT2D eigenvalue weighted by Crippen LogP contribution is -2.54. The summed E-state index contributed by atoms with van der Waals surface area (Å²) in [6.45, 7) is -0.166. The maximum Gasteiger partial charge on any atom is 0.409 e. The normalized spacial score (nSPS) is 16.0. The van der Waals surface area contributed by atoms with E-state index in [2.05, 4.69) is 25.0 Å². The van der Waals surface area contributed by atoms with E-state index in [1.165, 1.54) is 16.7 Å². The number of benzene rings is 1. The van der Waals surface area contributed by atoms with Crippen molar-refractivity contribution in [2.24, 2.45) is 0 Å². The number of nitrogens with one attached hydrogen (secondary N) is 2. The smallest absolute Gasteiger partial charge is 0.409 e. The maximum atomic E-state index is 13.8. The van der Waals surface area contributed by atoms with Crippen molar-refractivity contribution >= 4 is 35.7 Å². The van der Waals surface area contributed by atoms with Gasteiger partial charge in [-0.05, 0) is 50.5 Å². The molecule has 0 bridgehead atoms. The molecule has 0 aliphatic carbocycles. The highest BCUT2D eigenvalue weighted by molar-refractivity contribution is 7.99. The van der Waals surface area contributed by atoms with Gasteiger partial charge in [0.1, 0.15) is 18.7 Å². The Labute approximate surface area is 269 Å². The SMILES string of the molecule is O=C(NCCCCC(NC(CCc1ccccc1)C(=O)O)C(=O)N1CCCC1C(=O)OCCSCCON(O)O)OCON(O)O. The summed E-state index contributed by atoms with van der Waals surface area (Å²) in [6.07, 6.45) is 1.81. The molecule has 1 aromatic rings. The van der Waals surface area contributed by atoms with Gasteiger partial charge in [0.15, 0.2) is 0 Å². The van der Waals surface area contributed by atoms with Crippen molar-refractivity contribution in [3.8, 4) is 0 Å². The highest BCUT2D eigenvalue weighted by Crippen LogP contribution is 2.22. The second kappa shape index (κ2) is 22.4. The number of carboxylic acid groups (broad SMARTS) is 1. The van der Waals surface area contributed by atoms with E-state index in [0.717, 1.165) is 5.56 Å². The van der Waals surface area contributed by atoms with Gasteiger partial charge in [0.25, 0.3) is 0 Å². The number of nitrogens with zero attached hydrogens (tertiary/aromatic N) is 3.